The van der Waals surface area contributed by atoms with Crippen LogP contribution in [0, 0.1) is 34.5 Å². The molecule has 3 fully saturated rings. The first-order chi connectivity index (χ1) is 12.0. The smallest absolute Gasteiger partial charge is 0.155 e. The number of allylic oxidation sites excluding steroid dienone is 1. The van der Waals surface area contributed by atoms with E-state index in [-0.39, 0.29) is 29.6 Å². The molecule has 0 aromatic carbocycles. The van der Waals surface area contributed by atoms with Crippen LogP contribution < -0.4 is 0 Å². The lowest BCUT2D eigenvalue weighted by Gasteiger charge is -2.59. The molecule has 0 radical (unpaired) electrons. The molecule has 138 valence electrons. The van der Waals surface area contributed by atoms with Gasteiger partial charge in [-0.05, 0) is 80.1 Å². The van der Waals surface area contributed by atoms with Crippen LogP contribution in [0.2, 0.25) is 0 Å². The van der Waals surface area contributed by atoms with Gasteiger partial charge >= 0.3 is 0 Å². The van der Waals surface area contributed by atoms with Crippen molar-refractivity contribution in [1.29, 1.82) is 0 Å². The van der Waals surface area contributed by atoms with Gasteiger partial charge in [0, 0.05) is 18.4 Å². The largest absolute Gasteiger partial charge is 0.396 e. The molecule has 4 aliphatic carbocycles. The van der Waals surface area contributed by atoms with Crippen molar-refractivity contribution < 1.29 is 19.8 Å². The predicted octanol–water partition coefficient (Wildman–Crippen LogP) is 2.67. The molecule has 0 heterocycles. The van der Waals surface area contributed by atoms with E-state index in [1.807, 2.05) is 6.08 Å². The fraction of sp³-hybridized carbons (Fsp3) is 0.810. The number of hydrogen-bond donors (Lipinski definition) is 2. The zero-order valence-corrected chi connectivity index (χ0v) is 15.1. The Bertz CT molecular complexity index is 611. The SMILES string of the molecule is C[C@]12CCC(=O)C=C1CC[C@@H]1[C@@H]2[C@@H](O)C[C@]2(C=O)[C@@H](CCO)CC[C@@H]12. The normalized spacial score (nSPS) is 49.0. The molecule has 0 aromatic heterocycles. The molecule has 0 aliphatic heterocycles. The number of fused-ring (bicyclic) bond motifs is 5. The third kappa shape index (κ3) is 2.33. The first kappa shape index (κ1) is 17.4. The van der Waals surface area contributed by atoms with Gasteiger partial charge < -0.3 is 15.0 Å². The number of rotatable bonds is 3. The highest BCUT2D eigenvalue weighted by Crippen LogP contribution is 2.66. The van der Waals surface area contributed by atoms with Crippen molar-refractivity contribution in [2.45, 2.75) is 64.4 Å². The summed E-state index contributed by atoms with van der Waals surface area (Å²) in [7, 11) is 0. The Morgan fingerprint density at radius 3 is 2.80 bits per heavy atom. The maximum absolute atomic E-state index is 12.2. The maximum atomic E-state index is 12.2. The van der Waals surface area contributed by atoms with Crippen molar-refractivity contribution in [3.63, 3.8) is 0 Å². The van der Waals surface area contributed by atoms with Crippen LogP contribution >= 0.6 is 0 Å². The summed E-state index contributed by atoms with van der Waals surface area (Å²) < 4.78 is 0. The number of ketones is 1. The Labute approximate surface area is 149 Å². The Kier molecular flexibility index (Phi) is 4.19. The summed E-state index contributed by atoms with van der Waals surface area (Å²) in [6.07, 6.45) is 8.99. The van der Waals surface area contributed by atoms with Crippen molar-refractivity contribution in [3.05, 3.63) is 11.6 Å². The second kappa shape index (κ2) is 6.02. The molecule has 0 saturated heterocycles. The predicted molar refractivity (Wildman–Crippen MR) is 93.7 cm³/mol. The Balaban J connectivity index is 1.72. The molecular formula is C21H30O4. The number of aliphatic hydroxyl groups excluding tert-OH is 2. The van der Waals surface area contributed by atoms with Gasteiger partial charge in [0.2, 0.25) is 0 Å². The van der Waals surface area contributed by atoms with Gasteiger partial charge in [0.25, 0.3) is 0 Å². The number of carbonyl (C=O) groups excluding carboxylic acids is 2. The van der Waals surface area contributed by atoms with Crippen LogP contribution in [0.5, 0.6) is 0 Å². The zero-order chi connectivity index (χ0) is 17.8. The minimum absolute atomic E-state index is 0.0969. The van der Waals surface area contributed by atoms with Gasteiger partial charge in [0.1, 0.15) is 6.29 Å². The van der Waals surface area contributed by atoms with Gasteiger partial charge in [-0.15, -0.1) is 0 Å². The van der Waals surface area contributed by atoms with E-state index in [1.54, 1.807) is 0 Å². The summed E-state index contributed by atoms with van der Waals surface area (Å²) in [6, 6.07) is 0. The summed E-state index contributed by atoms with van der Waals surface area (Å²) in [6.45, 7) is 2.35. The minimum Gasteiger partial charge on any atom is -0.396 e. The van der Waals surface area contributed by atoms with Crippen LogP contribution in [0.25, 0.3) is 0 Å². The molecule has 4 aliphatic rings. The summed E-state index contributed by atoms with van der Waals surface area (Å²) in [5.74, 6) is 1.26. The fourth-order valence-electron chi connectivity index (χ4n) is 7.29. The lowest BCUT2D eigenvalue weighted by Crippen LogP contribution is -2.57. The number of hydrogen-bond acceptors (Lipinski definition) is 4. The Hall–Kier alpha value is -1.00. The van der Waals surface area contributed by atoms with Crippen molar-refractivity contribution in [2.24, 2.45) is 34.5 Å². The molecule has 0 unspecified atom stereocenters. The average molecular weight is 346 g/mol. The van der Waals surface area contributed by atoms with Gasteiger partial charge in [-0.3, -0.25) is 4.79 Å². The van der Waals surface area contributed by atoms with E-state index in [4.69, 9.17) is 0 Å². The van der Waals surface area contributed by atoms with Crippen LogP contribution in [0.1, 0.15) is 58.3 Å². The molecule has 0 amide bonds. The van der Waals surface area contributed by atoms with Crippen LogP contribution in [-0.2, 0) is 9.59 Å². The number of carbonyl (C=O) groups is 2. The lowest BCUT2D eigenvalue weighted by atomic mass is 9.46. The topological polar surface area (TPSA) is 74.6 Å². The van der Waals surface area contributed by atoms with Gasteiger partial charge in [0.15, 0.2) is 5.78 Å². The number of aliphatic hydroxyl groups is 2. The van der Waals surface area contributed by atoms with Gasteiger partial charge in [-0.25, -0.2) is 0 Å². The van der Waals surface area contributed by atoms with Gasteiger partial charge in [0.05, 0.1) is 6.10 Å². The first-order valence-corrected chi connectivity index (χ1v) is 9.95. The van der Waals surface area contributed by atoms with E-state index in [2.05, 4.69) is 6.92 Å². The second-order valence-corrected chi connectivity index (χ2v) is 9.18. The van der Waals surface area contributed by atoms with Crippen LogP contribution in [0.15, 0.2) is 11.6 Å². The molecule has 0 aromatic rings. The summed E-state index contributed by atoms with van der Waals surface area (Å²) >= 11 is 0. The van der Waals surface area contributed by atoms with Crippen molar-refractivity contribution in [3.8, 4) is 0 Å². The maximum Gasteiger partial charge on any atom is 0.155 e. The molecule has 0 spiro atoms. The molecule has 0 bridgehead atoms. The third-order valence-corrected chi connectivity index (χ3v) is 8.37. The molecule has 3 saturated carbocycles. The Morgan fingerprint density at radius 2 is 2.08 bits per heavy atom. The second-order valence-electron chi connectivity index (χ2n) is 9.18. The lowest BCUT2D eigenvalue weighted by molar-refractivity contribution is -0.151. The van der Waals surface area contributed by atoms with E-state index in [1.165, 1.54) is 5.57 Å². The molecule has 4 heteroatoms. The van der Waals surface area contributed by atoms with E-state index in [9.17, 15) is 19.8 Å². The molecule has 2 N–H and O–H groups in total. The minimum atomic E-state index is -0.493. The number of aldehydes is 1. The summed E-state index contributed by atoms with van der Waals surface area (Å²) in [4.78, 5) is 24.1. The van der Waals surface area contributed by atoms with Crippen LogP contribution in [0.3, 0.4) is 0 Å². The molecule has 4 rings (SSSR count). The third-order valence-electron chi connectivity index (χ3n) is 8.37. The average Bonchev–Trinajstić information content (AvgIpc) is 2.94. The highest BCUT2D eigenvalue weighted by Gasteiger charge is 2.63. The molecule has 7 atom stereocenters. The van der Waals surface area contributed by atoms with Crippen molar-refractivity contribution >= 4 is 12.1 Å². The molecular weight excluding hydrogens is 316 g/mol. The van der Waals surface area contributed by atoms with E-state index in [0.717, 1.165) is 38.4 Å². The quantitative estimate of drug-likeness (QED) is 0.771. The first-order valence-electron chi connectivity index (χ1n) is 9.95. The van der Waals surface area contributed by atoms with Crippen molar-refractivity contribution in [1.82, 2.24) is 0 Å². The Morgan fingerprint density at radius 1 is 1.28 bits per heavy atom. The van der Waals surface area contributed by atoms with Gasteiger partial charge in [-0.1, -0.05) is 12.5 Å². The van der Waals surface area contributed by atoms with E-state index < -0.39 is 11.5 Å². The highest BCUT2D eigenvalue weighted by atomic mass is 16.3. The molecule has 25 heavy (non-hydrogen) atoms. The standard InChI is InChI=1S/C21H30O4/c1-20-8-6-15(24)10-14(20)2-4-16-17-5-3-13(7-9-22)21(17,12-23)11-18(25)19(16)20/h10,12-13,16-19,22,25H,2-9,11H2,1H3/t13-,16+,17+,18+,19-,20+,21+/m1/s1. The fourth-order valence-corrected chi connectivity index (χ4v) is 7.29. The van der Waals surface area contributed by atoms with E-state index in [0.29, 0.717) is 31.1 Å². The summed E-state index contributed by atoms with van der Waals surface area (Å²) in [5.41, 5.74) is 0.679. The zero-order valence-electron chi connectivity index (χ0n) is 15.1. The van der Waals surface area contributed by atoms with Crippen molar-refractivity contribution in [2.75, 3.05) is 6.61 Å². The highest BCUT2D eigenvalue weighted by molar-refractivity contribution is 5.91. The monoisotopic (exact) mass is 346 g/mol. The van der Waals surface area contributed by atoms with Crippen LogP contribution in [0.4, 0.5) is 0 Å². The van der Waals surface area contributed by atoms with Crippen LogP contribution in [-0.4, -0.2) is 35.0 Å². The summed E-state index contributed by atoms with van der Waals surface area (Å²) in [5, 5.41) is 20.6. The van der Waals surface area contributed by atoms with Gasteiger partial charge in [-0.2, -0.15) is 0 Å². The molecule has 4 nitrogen and oxygen atoms in total. The van der Waals surface area contributed by atoms with E-state index >= 15 is 0 Å².